The number of likely N-dealkylation sites (tertiary alicyclic amines) is 1. The van der Waals surface area contributed by atoms with Crippen molar-refractivity contribution in [2.75, 3.05) is 13.1 Å². The lowest BCUT2D eigenvalue weighted by Crippen LogP contribution is -2.48. The standard InChI is InChI=1S/C20H26N2O4/c23-17(9-6-14-4-2-1-3-5-14)22-12-10-16(11-13-22)19(24)21-18(20(25)26)15-7-8-15/h1-5,15-16,18H,6-13H2,(H,21,24)(H,25,26). The van der Waals surface area contributed by atoms with Crippen LogP contribution in [0.4, 0.5) is 0 Å². The molecule has 1 atom stereocenters. The number of piperidine rings is 1. The summed E-state index contributed by atoms with van der Waals surface area (Å²) in [5, 5.41) is 11.9. The van der Waals surface area contributed by atoms with Gasteiger partial charge in [0.15, 0.2) is 0 Å². The Kier molecular flexibility index (Phi) is 5.91. The van der Waals surface area contributed by atoms with Gasteiger partial charge >= 0.3 is 5.97 Å². The van der Waals surface area contributed by atoms with Crippen molar-refractivity contribution < 1.29 is 19.5 Å². The third kappa shape index (κ3) is 4.84. The largest absolute Gasteiger partial charge is 0.480 e. The number of aliphatic carboxylic acids is 1. The number of nitrogens with one attached hydrogen (secondary N) is 1. The lowest BCUT2D eigenvalue weighted by Gasteiger charge is -2.32. The maximum absolute atomic E-state index is 12.4. The number of carboxylic acids is 1. The summed E-state index contributed by atoms with van der Waals surface area (Å²) in [6.45, 7) is 1.12. The molecule has 0 radical (unpaired) electrons. The summed E-state index contributed by atoms with van der Waals surface area (Å²) in [6.07, 6.45) is 4.13. The van der Waals surface area contributed by atoms with Gasteiger partial charge in [-0.1, -0.05) is 30.3 Å². The molecule has 1 aromatic rings. The number of benzene rings is 1. The van der Waals surface area contributed by atoms with Crippen molar-refractivity contribution in [2.24, 2.45) is 11.8 Å². The van der Waals surface area contributed by atoms with E-state index in [0.29, 0.717) is 32.4 Å². The van der Waals surface area contributed by atoms with E-state index in [2.05, 4.69) is 5.32 Å². The van der Waals surface area contributed by atoms with Crippen molar-refractivity contribution in [3.8, 4) is 0 Å². The molecular formula is C20H26N2O4. The van der Waals surface area contributed by atoms with Gasteiger partial charge in [-0.3, -0.25) is 9.59 Å². The number of rotatable bonds is 7. The third-order valence-electron chi connectivity index (χ3n) is 5.35. The molecule has 6 nitrogen and oxygen atoms in total. The molecule has 140 valence electrons. The number of carbonyl (C=O) groups excluding carboxylic acids is 2. The van der Waals surface area contributed by atoms with Crippen LogP contribution in [0, 0.1) is 11.8 Å². The highest BCUT2D eigenvalue weighted by atomic mass is 16.4. The average molecular weight is 358 g/mol. The Balaban J connectivity index is 1.42. The smallest absolute Gasteiger partial charge is 0.326 e. The molecular weight excluding hydrogens is 332 g/mol. The minimum Gasteiger partial charge on any atom is -0.480 e. The van der Waals surface area contributed by atoms with Crippen LogP contribution in [0.5, 0.6) is 0 Å². The topological polar surface area (TPSA) is 86.7 Å². The molecule has 2 aliphatic rings. The molecule has 0 bridgehead atoms. The minimum absolute atomic E-state index is 0.0797. The summed E-state index contributed by atoms with van der Waals surface area (Å²) < 4.78 is 0. The maximum Gasteiger partial charge on any atom is 0.326 e. The van der Waals surface area contributed by atoms with Crippen molar-refractivity contribution >= 4 is 17.8 Å². The highest BCUT2D eigenvalue weighted by Gasteiger charge is 2.38. The van der Waals surface area contributed by atoms with Crippen LogP contribution in [0.1, 0.15) is 37.7 Å². The first-order chi connectivity index (χ1) is 12.5. The van der Waals surface area contributed by atoms with Crippen LogP contribution in [-0.2, 0) is 20.8 Å². The SMILES string of the molecule is O=C(NC(C(=O)O)C1CC1)C1CCN(C(=O)CCc2ccccc2)CC1. The number of carboxylic acid groups (broad SMARTS) is 1. The lowest BCUT2D eigenvalue weighted by molar-refractivity contribution is -0.143. The van der Waals surface area contributed by atoms with Crippen molar-refractivity contribution in [2.45, 2.75) is 44.6 Å². The predicted octanol–water partition coefficient (Wildman–Crippen LogP) is 1.84. The molecule has 1 heterocycles. The second kappa shape index (κ2) is 8.34. The number of nitrogens with zero attached hydrogens (tertiary/aromatic N) is 1. The fraction of sp³-hybridized carbons (Fsp3) is 0.550. The number of hydrogen-bond acceptors (Lipinski definition) is 3. The van der Waals surface area contributed by atoms with E-state index in [-0.39, 0.29) is 23.7 Å². The van der Waals surface area contributed by atoms with E-state index in [0.717, 1.165) is 24.8 Å². The monoisotopic (exact) mass is 358 g/mol. The fourth-order valence-corrected chi connectivity index (χ4v) is 3.53. The first-order valence-corrected chi connectivity index (χ1v) is 9.39. The average Bonchev–Trinajstić information content (AvgIpc) is 3.49. The second-order valence-electron chi connectivity index (χ2n) is 7.30. The van der Waals surface area contributed by atoms with Gasteiger partial charge in [0.25, 0.3) is 0 Å². The van der Waals surface area contributed by atoms with Gasteiger partial charge in [0.2, 0.25) is 11.8 Å². The van der Waals surface area contributed by atoms with Gasteiger partial charge in [0.05, 0.1) is 0 Å². The maximum atomic E-state index is 12.4. The van der Waals surface area contributed by atoms with Crippen molar-refractivity contribution in [3.63, 3.8) is 0 Å². The van der Waals surface area contributed by atoms with Crippen LogP contribution in [0.25, 0.3) is 0 Å². The molecule has 1 saturated carbocycles. The van der Waals surface area contributed by atoms with Crippen LogP contribution < -0.4 is 5.32 Å². The summed E-state index contributed by atoms with van der Waals surface area (Å²) in [4.78, 5) is 37.8. The normalized spacial score (nSPS) is 19.0. The van der Waals surface area contributed by atoms with Crippen molar-refractivity contribution in [1.82, 2.24) is 10.2 Å². The molecule has 1 saturated heterocycles. The van der Waals surface area contributed by atoms with Crippen LogP contribution in [0.3, 0.4) is 0 Å². The first kappa shape index (κ1) is 18.4. The highest BCUT2D eigenvalue weighted by molar-refractivity contribution is 5.85. The Hall–Kier alpha value is -2.37. The zero-order valence-corrected chi connectivity index (χ0v) is 14.9. The minimum atomic E-state index is -0.950. The van der Waals surface area contributed by atoms with Crippen LogP contribution in [-0.4, -0.2) is 46.9 Å². The Labute approximate surface area is 153 Å². The molecule has 2 amide bonds. The molecule has 2 N–H and O–H groups in total. The van der Waals surface area contributed by atoms with Gasteiger partial charge in [-0.05, 0) is 43.6 Å². The van der Waals surface area contributed by atoms with Gasteiger partial charge < -0.3 is 15.3 Å². The number of aryl methyl sites for hydroxylation is 1. The van der Waals surface area contributed by atoms with E-state index in [1.165, 1.54) is 0 Å². The Morgan fingerprint density at radius 3 is 2.31 bits per heavy atom. The van der Waals surface area contributed by atoms with Crippen molar-refractivity contribution in [3.05, 3.63) is 35.9 Å². The Bertz CT molecular complexity index is 649. The van der Waals surface area contributed by atoms with Gasteiger partial charge in [0, 0.05) is 25.4 Å². The lowest BCUT2D eigenvalue weighted by atomic mass is 9.95. The summed E-state index contributed by atoms with van der Waals surface area (Å²) in [5.41, 5.74) is 1.15. The first-order valence-electron chi connectivity index (χ1n) is 9.39. The summed E-state index contributed by atoms with van der Waals surface area (Å²) >= 11 is 0. The van der Waals surface area contributed by atoms with Gasteiger partial charge in [-0.25, -0.2) is 4.79 Å². The van der Waals surface area contributed by atoms with E-state index in [9.17, 15) is 19.5 Å². The zero-order chi connectivity index (χ0) is 18.5. The van der Waals surface area contributed by atoms with E-state index in [1.54, 1.807) is 0 Å². The molecule has 3 rings (SSSR count). The summed E-state index contributed by atoms with van der Waals surface area (Å²) in [7, 11) is 0. The van der Waals surface area contributed by atoms with E-state index in [4.69, 9.17) is 0 Å². The van der Waals surface area contributed by atoms with E-state index < -0.39 is 12.0 Å². The van der Waals surface area contributed by atoms with E-state index >= 15 is 0 Å². The summed E-state index contributed by atoms with van der Waals surface area (Å²) in [5.74, 6) is -1.13. The molecule has 0 spiro atoms. The Morgan fingerprint density at radius 1 is 1.08 bits per heavy atom. The molecule has 1 unspecified atom stereocenters. The van der Waals surface area contributed by atoms with Crippen molar-refractivity contribution in [1.29, 1.82) is 0 Å². The molecule has 0 aromatic heterocycles. The van der Waals surface area contributed by atoms with E-state index in [1.807, 2.05) is 35.2 Å². The quantitative estimate of drug-likeness (QED) is 0.779. The molecule has 1 aromatic carbocycles. The van der Waals surface area contributed by atoms with Crippen LogP contribution in [0.2, 0.25) is 0 Å². The number of hydrogen-bond donors (Lipinski definition) is 2. The molecule has 1 aliphatic carbocycles. The number of carbonyl (C=O) groups is 3. The second-order valence-corrected chi connectivity index (χ2v) is 7.30. The van der Waals surface area contributed by atoms with Crippen LogP contribution in [0.15, 0.2) is 30.3 Å². The Morgan fingerprint density at radius 2 is 1.73 bits per heavy atom. The van der Waals surface area contributed by atoms with Gasteiger partial charge in [0.1, 0.15) is 6.04 Å². The molecule has 6 heteroatoms. The zero-order valence-electron chi connectivity index (χ0n) is 14.9. The third-order valence-corrected chi connectivity index (χ3v) is 5.35. The highest BCUT2D eigenvalue weighted by Crippen LogP contribution is 2.33. The predicted molar refractivity (Wildman–Crippen MR) is 96.4 cm³/mol. The fourth-order valence-electron chi connectivity index (χ4n) is 3.53. The molecule has 1 aliphatic heterocycles. The van der Waals surface area contributed by atoms with Gasteiger partial charge in [-0.2, -0.15) is 0 Å². The van der Waals surface area contributed by atoms with Gasteiger partial charge in [-0.15, -0.1) is 0 Å². The van der Waals surface area contributed by atoms with Crippen LogP contribution >= 0.6 is 0 Å². The molecule has 26 heavy (non-hydrogen) atoms. The summed E-state index contributed by atoms with van der Waals surface area (Å²) in [6, 6.07) is 9.17. The molecule has 2 fully saturated rings. The number of amides is 2.